The first-order valence-electron chi connectivity index (χ1n) is 10.3. The van der Waals surface area contributed by atoms with Crippen LogP contribution in [0.4, 0.5) is 11.4 Å². The van der Waals surface area contributed by atoms with Gasteiger partial charge in [0.15, 0.2) is 0 Å². The minimum atomic E-state index is -0.460. The fourth-order valence-electron chi connectivity index (χ4n) is 4.09. The Kier molecular flexibility index (Phi) is 5.70. The molecule has 0 saturated heterocycles. The van der Waals surface area contributed by atoms with Gasteiger partial charge in [0.05, 0.1) is 23.7 Å². The fraction of sp³-hybridized carbons (Fsp3) is 0.304. The molecule has 1 atom stereocenters. The number of anilines is 1. The Morgan fingerprint density at radius 1 is 1.26 bits per heavy atom. The molecule has 160 valence electrons. The number of nitrogens with zero attached hydrogens (tertiary/aromatic N) is 4. The Morgan fingerprint density at radius 2 is 2.03 bits per heavy atom. The van der Waals surface area contributed by atoms with Gasteiger partial charge in [-0.15, -0.1) is 0 Å². The highest BCUT2D eigenvalue weighted by Crippen LogP contribution is 2.31. The van der Waals surface area contributed by atoms with E-state index in [0.717, 1.165) is 30.5 Å². The summed E-state index contributed by atoms with van der Waals surface area (Å²) >= 11 is 0. The molecule has 1 N–H and O–H groups in total. The fourth-order valence-corrected chi connectivity index (χ4v) is 4.09. The molecule has 8 nitrogen and oxygen atoms in total. The Bertz CT molecular complexity index is 1110. The summed E-state index contributed by atoms with van der Waals surface area (Å²) in [5.74, 6) is -0.318. The Morgan fingerprint density at radius 3 is 2.74 bits per heavy atom. The molecule has 0 fully saturated rings. The van der Waals surface area contributed by atoms with Crippen LogP contribution in [-0.4, -0.2) is 34.7 Å². The zero-order valence-electron chi connectivity index (χ0n) is 17.6. The molecule has 8 heteroatoms. The van der Waals surface area contributed by atoms with Crippen LogP contribution in [0, 0.1) is 10.1 Å². The molecule has 0 spiro atoms. The highest BCUT2D eigenvalue weighted by Gasteiger charge is 2.27. The first-order chi connectivity index (χ1) is 14.9. The topological polar surface area (TPSA) is 93.3 Å². The lowest BCUT2D eigenvalue weighted by Gasteiger charge is -2.24. The summed E-state index contributed by atoms with van der Waals surface area (Å²) in [6, 6.07) is 14.6. The molecular formula is C23H25N5O3. The van der Waals surface area contributed by atoms with Crippen molar-refractivity contribution in [2.45, 2.75) is 31.8 Å². The smallest absolute Gasteiger partial charge is 0.293 e. The maximum absolute atomic E-state index is 12.9. The molecule has 1 unspecified atom stereocenters. The van der Waals surface area contributed by atoms with Gasteiger partial charge in [-0.25, -0.2) is 0 Å². The summed E-state index contributed by atoms with van der Waals surface area (Å²) in [7, 11) is 3.47. The molecule has 1 aromatic heterocycles. The molecule has 1 aliphatic carbocycles. The molecular weight excluding hydrogens is 394 g/mol. The van der Waals surface area contributed by atoms with Crippen molar-refractivity contribution in [3.63, 3.8) is 0 Å². The lowest BCUT2D eigenvalue weighted by molar-refractivity contribution is -0.384. The second-order valence-electron chi connectivity index (χ2n) is 7.96. The lowest BCUT2D eigenvalue weighted by atomic mass is 9.92. The van der Waals surface area contributed by atoms with E-state index in [9.17, 15) is 14.9 Å². The van der Waals surface area contributed by atoms with Crippen LogP contribution in [0.5, 0.6) is 0 Å². The van der Waals surface area contributed by atoms with Crippen LogP contribution < -0.4 is 10.2 Å². The highest BCUT2D eigenvalue weighted by atomic mass is 16.6. The normalized spacial score (nSPS) is 15.2. The third kappa shape index (κ3) is 4.28. The number of nitro groups is 1. The lowest BCUT2D eigenvalue weighted by Crippen LogP contribution is -2.31. The van der Waals surface area contributed by atoms with Crippen LogP contribution in [0.3, 0.4) is 0 Å². The molecule has 1 aliphatic rings. The maximum atomic E-state index is 12.9. The number of nitro benzene ring substituents is 1. The van der Waals surface area contributed by atoms with E-state index in [1.165, 1.54) is 11.6 Å². The number of carbonyl (C=O) groups excluding carboxylic acids is 1. The van der Waals surface area contributed by atoms with Crippen LogP contribution in [0.15, 0.2) is 54.7 Å². The van der Waals surface area contributed by atoms with Gasteiger partial charge in [-0.1, -0.05) is 30.3 Å². The number of fused-ring (bicyclic) bond motifs is 1. The predicted octanol–water partition coefficient (Wildman–Crippen LogP) is 3.71. The number of rotatable bonds is 6. The van der Waals surface area contributed by atoms with Crippen molar-refractivity contribution < 1.29 is 9.72 Å². The van der Waals surface area contributed by atoms with Crippen LogP contribution in [0.25, 0.3) is 0 Å². The molecule has 31 heavy (non-hydrogen) atoms. The molecule has 1 heterocycles. The molecule has 0 radical (unpaired) electrons. The molecule has 4 rings (SSSR count). The van der Waals surface area contributed by atoms with Gasteiger partial charge < -0.3 is 10.2 Å². The van der Waals surface area contributed by atoms with Crippen molar-refractivity contribution >= 4 is 17.3 Å². The molecule has 3 aromatic rings. The summed E-state index contributed by atoms with van der Waals surface area (Å²) in [6.45, 7) is 0.690. The minimum absolute atomic E-state index is 0.0855. The third-order valence-corrected chi connectivity index (χ3v) is 5.66. The maximum Gasteiger partial charge on any atom is 0.293 e. The molecule has 2 aromatic carbocycles. The van der Waals surface area contributed by atoms with Crippen LogP contribution in [-0.2, 0) is 13.0 Å². The summed E-state index contributed by atoms with van der Waals surface area (Å²) in [4.78, 5) is 25.5. The van der Waals surface area contributed by atoms with Crippen molar-refractivity contribution in [1.82, 2.24) is 15.1 Å². The average Bonchev–Trinajstić information content (AvgIpc) is 3.17. The van der Waals surface area contributed by atoms with Gasteiger partial charge in [-0.3, -0.25) is 19.6 Å². The van der Waals surface area contributed by atoms with Gasteiger partial charge in [-0.2, -0.15) is 5.10 Å². The van der Waals surface area contributed by atoms with Crippen molar-refractivity contribution in [2.75, 3.05) is 19.0 Å². The summed E-state index contributed by atoms with van der Waals surface area (Å²) < 4.78 is 2.00. The van der Waals surface area contributed by atoms with Crippen LogP contribution in [0.2, 0.25) is 0 Å². The molecule has 0 saturated carbocycles. The van der Waals surface area contributed by atoms with Crippen LogP contribution >= 0.6 is 0 Å². The third-order valence-electron chi connectivity index (χ3n) is 5.66. The van der Waals surface area contributed by atoms with Gasteiger partial charge >= 0.3 is 0 Å². The van der Waals surface area contributed by atoms with E-state index in [1.807, 2.05) is 29.1 Å². The Labute approximate surface area is 180 Å². The van der Waals surface area contributed by atoms with Crippen molar-refractivity contribution in [1.29, 1.82) is 0 Å². The standard InChI is InChI=1S/C23H25N5O3/c1-26(2)21-12-11-17(13-22(21)28(30)31)23(29)25-19-9-6-10-20-18(19)14-24-27(20)15-16-7-4-3-5-8-16/h3-5,7-8,11-14,19H,6,9-10,15H2,1-2H3,(H,25,29). The van der Waals surface area contributed by atoms with Gasteiger partial charge in [0, 0.05) is 37.0 Å². The van der Waals surface area contributed by atoms with Crippen molar-refractivity contribution in [3.05, 3.63) is 87.2 Å². The predicted molar refractivity (Wildman–Crippen MR) is 118 cm³/mol. The average molecular weight is 419 g/mol. The quantitative estimate of drug-likeness (QED) is 0.486. The first-order valence-corrected chi connectivity index (χ1v) is 10.3. The van der Waals surface area contributed by atoms with E-state index >= 15 is 0 Å². The summed E-state index contributed by atoms with van der Waals surface area (Å²) in [6.07, 6.45) is 4.50. The second-order valence-corrected chi connectivity index (χ2v) is 7.96. The van der Waals surface area contributed by atoms with Crippen LogP contribution in [0.1, 0.15) is 46.1 Å². The first kappa shape index (κ1) is 20.6. The number of aromatic nitrogens is 2. The van der Waals surface area contributed by atoms with E-state index in [-0.39, 0.29) is 23.2 Å². The van der Waals surface area contributed by atoms with Gasteiger partial charge in [0.25, 0.3) is 11.6 Å². The number of carbonyl (C=O) groups is 1. The number of benzene rings is 2. The minimum Gasteiger partial charge on any atom is -0.372 e. The molecule has 0 aliphatic heterocycles. The number of amides is 1. The number of hydrogen-bond acceptors (Lipinski definition) is 5. The largest absolute Gasteiger partial charge is 0.372 e. The van der Waals surface area contributed by atoms with E-state index in [4.69, 9.17) is 0 Å². The monoisotopic (exact) mass is 419 g/mol. The highest BCUT2D eigenvalue weighted by molar-refractivity contribution is 5.96. The van der Waals surface area contributed by atoms with Gasteiger partial charge in [-0.05, 0) is 37.0 Å². The molecule has 1 amide bonds. The summed E-state index contributed by atoms with van der Waals surface area (Å²) in [5, 5.41) is 19.1. The van der Waals surface area contributed by atoms with E-state index in [1.54, 1.807) is 31.1 Å². The summed E-state index contributed by atoms with van der Waals surface area (Å²) in [5.41, 5.74) is 3.99. The van der Waals surface area contributed by atoms with Crippen molar-refractivity contribution in [3.8, 4) is 0 Å². The SMILES string of the molecule is CN(C)c1ccc(C(=O)NC2CCCc3c2cnn3Cc2ccccc2)cc1[N+](=O)[O-]. The van der Waals surface area contributed by atoms with Gasteiger partial charge in [0.1, 0.15) is 5.69 Å². The second kappa shape index (κ2) is 8.59. The zero-order valence-corrected chi connectivity index (χ0v) is 17.6. The Hall–Kier alpha value is -3.68. The van der Waals surface area contributed by atoms with Crippen molar-refractivity contribution in [2.24, 2.45) is 0 Å². The van der Waals surface area contributed by atoms with Gasteiger partial charge in [0.2, 0.25) is 0 Å². The number of nitrogens with one attached hydrogen (secondary N) is 1. The van der Waals surface area contributed by atoms with E-state index in [2.05, 4.69) is 22.5 Å². The molecule has 0 bridgehead atoms. The van der Waals surface area contributed by atoms with E-state index in [0.29, 0.717) is 12.2 Å². The Balaban J connectivity index is 1.54. The number of hydrogen-bond donors (Lipinski definition) is 1. The van der Waals surface area contributed by atoms with E-state index < -0.39 is 4.92 Å². The zero-order chi connectivity index (χ0) is 22.0.